The Kier molecular flexibility index (Phi) is 2.16. The molecule has 0 aliphatic carbocycles. The Bertz CT molecular complexity index is 741. The van der Waals surface area contributed by atoms with Crippen LogP contribution in [0.1, 0.15) is 0 Å². The monoisotopic (exact) mass is 272 g/mol. The van der Waals surface area contributed by atoms with Crippen LogP contribution in [0.3, 0.4) is 0 Å². The summed E-state index contributed by atoms with van der Waals surface area (Å²) < 4.78 is 3.01. The summed E-state index contributed by atoms with van der Waals surface area (Å²) in [4.78, 5) is 0. The Morgan fingerprint density at radius 3 is 1.88 bits per heavy atom. The van der Waals surface area contributed by atoms with E-state index < -0.39 is 0 Å². The topological polar surface area (TPSA) is 0 Å². The molecule has 0 saturated heterocycles. The van der Waals surface area contributed by atoms with Crippen molar-refractivity contribution >= 4 is 49.8 Å². The minimum Gasteiger partial charge on any atom is -0.142 e. The fraction of sp³-hybridized carbons (Fsp3) is 0. The summed E-state index contributed by atoms with van der Waals surface area (Å²) in [5.74, 6) is 0. The Balaban J connectivity index is 2.22. The van der Waals surface area contributed by atoms with Crippen molar-refractivity contribution in [2.24, 2.45) is 0 Å². The molecule has 17 heavy (non-hydrogen) atoms. The van der Waals surface area contributed by atoms with Gasteiger partial charge in [-0.15, -0.1) is 22.7 Å². The van der Waals surface area contributed by atoms with E-state index in [4.69, 9.17) is 0 Å². The first-order valence-corrected chi connectivity index (χ1v) is 8.56. The van der Waals surface area contributed by atoms with Crippen LogP contribution in [0.2, 0.25) is 0 Å². The van der Waals surface area contributed by atoms with Gasteiger partial charge in [0.1, 0.15) is 0 Å². The summed E-state index contributed by atoms with van der Waals surface area (Å²) in [5, 5.41) is 9.03. The second-order valence-corrected chi connectivity index (χ2v) is 7.92. The first kappa shape index (κ1) is 9.90. The van der Waals surface area contributed by atoms with Gasteiger partial charge in [-0.25, -0.2) is 0 Å². The van der Waals surface area contributed by atoms with E-state index in [-0.39, 0.29) is 7.53 Å². The Labute approximate surface area is 108 Å². The van der Waals surface area contributed by atoms with Gasteiger partial charge in [0.25, 0.3) is 0 Å². The van der Waals surface area contributed by atoms with E-state index in [2.05, 4.69) is 53.2 Å². The standard InChI is InChI=1S/C14H9PS2/c1-2-4-10(5-3-1)15-11-6-8-16-13(11)14-12(15)7-9-17-14/h1-9H. The van der Waals surface area contributed by atoms with Gasteiger partial charge in [-0.1, -0.05) is 37.9 Å². The van der Waals surface area contributed by atoms with Crippen LogP contribution in [0.4, 0.5) is 0 Å². The number of thiophene rings is 2. The molecule has 0 atom stereocenters. The molecule has 0 aliphatic rings. The van der Waals surface area contributed by atoms with Gasteiger partial charge in [-0.3, -0.25) is 0 Å². The second kappa shape index (κ2) is 3.71. The predicted molar refractivity (Wildman–Crippen MR) is 81.3 cm³/mol. The highest BCUT2D eigenvalue weighted by molar-refractivity contribution is 7.69. The van der Waals surface area contributed by atoms with Crippen LogP contribution in [0.5, 0.6) is 0 Å². The number of fused-ring (bicyclic) bond motifs is 3. The fourth-order valence-corrected chi connectivity index (χ4v) is 7.64. The maximum atomic E-state index is 2.31. The second-order valence-electron chi connectivity index (χ2n) is 3.94. The molecule has 1 aromatic carbocycles. The predicted octanol–water partition coefficient (Wildman–Crippen LogP) is 6.09. The minimum absolute atomic E-state index is 0.277. The molecule has 82 valence electrons. The fourth-order valence-electron chi connectivity index (χ4n) is 2.28. The third-order valence-electron chi connectivity index (χ3n) is 2.99. The summed E-state index contributed by atoms with van der Waals surface area (Å²) in [5.41, 5.74) is 0. The number of benzene rings is 1. The van der Waals surface area contributed by atoms with E-state index >= 15 is 0 Å². The molecule has 3 heteroatoms. The minimum atomic E-state index is -0.277. The van der Waals surface area contributed by atoms with Crippen LogP contribution < -0.4 is 0 Å². The van der Waals surface area contributed by atoms with Crippen molar-refractivity contribution in [3.8, 4) is 5.30 Å². The lowest BCUT2D eigenvalue weighted by molar-refractivity contribution is 1.76. The van der Waals surface area contributed by atoms with Gasteiger partial charge in [0.15, 0.2) is 0 Å². The zero-order valence-corrected chi connectivity index (χ0v) is 11.5. The number of rotatable bonds is 1. The Hall–Kier alpha value is -1.08. The third-order valence-corrected chi connectivity index (χ3v) is 7.81. The first-order valence-electron chi connectivity index (χ1n) is 5.46. The third kappa shape index (κ3) is 1.35. The van der Waals surface area contributed by atoms with Crippen molar-refractivity contribution in [1.82, 2.24) is 0 Å². The molecule has 0 fully saturated rings. The smallest absolute Gasteiger partial charge is 0.0567 e. The summed E-state index contributed by atoms with van der Waals surface area (Å²) in [6, 6.07) is 15.5. The van der Waals surface area contributed by atoms with Gasteiger partial charge in [0, 0.05) is 10.2 Å². The van der Waals surface area contributed by atoms with Gasteiger partial charge < -0.3 is 0 Å². The Morgan fingerprint density at radius 2 is 1.29 bits per heavy atom. The Morgan fingerprint density at radius 1 is 0.706 bits per heavy atom. The summed E-state index contributed by atoms with van der Waals surface area (Å²) in [6.07, 6.45) is 0. The highest BCUT2D eigenvalue weighted by Gasteiger charge is 2.14. The molecule has 3 aromatic heterocycles. The highest BCUT2D eigenvalue weighted by Crippen LogP contribution is 2.57. The zero-order valence-electron chi connectivity index (χ0n) is 8.96. The van der Waals surface area contributed by atoms with Crippen LogP contribution >= 0.6 is 30.2 Å². The molecule has 0 saturated carbocycles. The molecule has 0 N–H and O–H groups in total. The van der Waals surface area contributed by atoms with Crippen molar-refractivity contribution in [3.05, 3.63) is 53.2 Å². The molecule has 0 radical (unpaired) electrons. The molecule has 0 bridgehead atoms. The summed E-state index contributed by atoms with van der Waals surface area (Å²) in [6.45, 7) is 0. The van der Waals surface area contributed by atoms with E-state index in [0.29, 0.717) is 0 Å². The average Bonchev–Trinajstić information content (AvgIpc) is 3.01. The molecule has 0 aliphatic heterocycles. The largest absolute Gasteiger partial charge is 0.142 e. The van der Waals surface area contributed by atoms with Crippen LogP contribution in [0, 0.1) is 0 Å². The normalized spacial score (nSPS) is 11.5. The zero-order chi connectivity index (χ0) is 11.2. The lowest BCUT2D eigenvalue weighted by Gasteiger charge is -2.00. The molecule has 0 nitrogen and oxygen atoms in total. The molecule has 0 amide bonds. The van der Waals surface area contributed by atoms with Crippen molar-refractivity contribution < 1.29 is 0 Å². The van der Waals surface area contributed by atoms with Crippen molar-refractivity contribution in [2.45, 2.75) is 0 Å². The first-order chi connectivity index (χ1) is 8.45. The van der Waals surface area contributed by atoms with Crippen molar-refractivity contribution in [1.29, 1.82) is 0 Å². The molecule has 3 heterocycles. The van der Waals surface area contributed by atoms with Crippen LogP contribution in [0.25, 0.3) is 24.9 Å². The summed E-state index contributed by atoms with van der Waals surface area (Å²) >= 11 is 3.77. The molecular weight excluding hydrogens is 263 g/mol. The van der Waals surface area contributed by atoms with E-state index in [1.807, 2.05) is 22.7 Å². The SMILES string of the molecule is c1ccc(-p2c3ccsc3c3sccc32)cc1. The van der Waals surface area contributed by atoms with Gasteiger partial charge in [-0.05, 0) is 28.2 Å². The lowest BCUT2D eigenvalue weighted by Crippen LogP contribution is -1.62. The molecule has 4 aromatic rings. The van der Waals surface area contributed by atoms with Crippen LogP contribution in [-0.4, -0.2) is 0 Å². The van der Waals surface area contributed by atoms with Gasteiger partial charge in [0.2, 0.25) is 0 Å². The van der Waals surface area contributed by atoms with Crippen molar-refractivity contribution in [2.75, 3.05) is 0 Å². The van der Waals surface area contributed by atoms with Gasteiger partial charge in [0.05, 0.1) is 9.40 Å². The molecule has 0 unspecified atom stereocenters. The van der Waals surface area contributed by atoms with E-state index in [0.717, 1.165) is 0 Å². The summed E-state index contributed by atoms with van der Waals surface area (Å²) in [7, 11) is -0.277. The van der Waals surface area contributed by atoms with Crippen LogP contribution in [0.15, 0.2) is 53.2 Å². The average molecular weight is 272 g/mol. The van der Waals surface area contributed by atoms with E-state index in [9.17, 15) is 0 Å². The molecular formula is C14H9PS2. The van der Waals surface area contributed by atoms with Crippen LogP contribution in [-0.2, 0) is 0 Å². The maximum absolute atomic E-state index is 2.31. The van der Waals surface area contributed by atoms with Gasteiger partial charge >= 0.3 is 0 Å². The molecule has 0 spiro atoms. The van der Waals surface area contributed by atoms with Crippen molar-refractivity contribution in [3.63, 3.8) is 0 Å². The maximum Gasteiger partial charge on any atom is 0.0567 e. The highest BCUT2D eigenvalue weighted by atomic mass is 32.1. The number of hydrogen-bond donors (Lipinski definition) is 0. The van der Waals surface area contributed by atoms with E-state index in [1.54, 1.807) is 10.2 Å². The van der Waals surface area contributed by atoms with E-state index in [1.165, 1.54) is 14.7 Å². The van der Waals surface area contributed by atoms with Gasteiger partial charge in [-0.2, -0.15) is 0 Å². The quantitative estimate of drug-likeness (QED) is 0.393. The lowest BCUT2D eigenvalue weighted by atomic mass is 10.4. The number of hydrogen-bond acceptors (Lipinski definition) is 2. The molecule has 4 rings (SSSR count).